The van der Waals surface area contributed by atoms with E-state index in [1.54, 1.807) is 22.2 Å². The number of nitrogens with zero attached hydrogens (tertiary/aromatic N) is 3. The van der Waals surface area contributed by atoms with Gasteiger partial charge in [-0.1, -0.05) is 24.2 Å². The minimum absolute atomic E-state index is 0.00276. The number of aromatic hydroxyl groups is 1. The fourth-order valence-electron chi connectivity index (χ4n) is 3.26. The van der Waals surface area contributed by atoms with Crippen molar-refractivity contribution >= 4 is 23.4 Å². The van der Waals surface area contributed by atoms with Gasteiger partial charge in [0.1, 0.15) is 5.75 Å². The Balaban J connectivity index is 1.64. The Labute approximate surface area is 169 Å². The van der Waals surface area contributed by atoms with Crippen LogP contribution in [-0.2, 0) is 16.0 Å². The highest BCUT2D eigenvalue weighted by Crippen LogP contribution is 2.34. The van der Waals surface area contributed by atoms with Gasteiger partial charge in [0.2, 0.25) is 11.8 Å². The van der Waals surface area contributed by atoms with Gasteiger partial charge in [-0.3, -0.25) is 14.6 Å². The highest BCUT2D eigenvalue weighted by Gasteiger charge is 2.23. The number of hydrogen-bond acceptors (Lipinski definition) is 4. The Morgan fingerprint density at radius 2 is 1.93 bits per heavy atom. The Bertz CT molecular complexity index is 878. The molecule has 0 spiro atoms. The van der Waals surface area contributed by atoms with Crippen molar-refractivity contribution < 1.29 is 14.7 Å². The lowest BCUT2D eigenvalue weighted by Gasteiger charge is -2.34. The van der Waals surface area contributed by atoms with Gasteiger partial charge in [-0.15, -0.1) is 0 Å². The maximum absolute atomic E-state index is 12.5. The van der Waals surface area contributed by atoms with Crippen molar-refractivity contribution in [3.05, 3.63) is 59.9 Å². The molecule has 0 radical (unpaired) electrons. The van der Waals surface area contributed by atoms with Crippen LogP contribution in [0.3, 0.4) is 0 Å². The molecule has 1 fully saturated rings. The normalized spacial score (nSPS) is 14.0. The van der Waals surface area contributed by atoms with E-state index in [9.17, 15) is 14.7 Å². The molecule has 1 aliphatic heterocycles. The Kier molecular flexibility index (Phi) is 6.31. The number of halogens is 1. The molecule has 2 aromatic rings. The maximum Gasteiger partial charge on any atom is 0.246 e. The van der Waals surface area contributed by atoms with E-state index in [4.69, 9.17) is 11.6 Å². The van der Waals surface area contributed by atoms with Crippen LogP contribution < -0.4 is 0 Å². The number of amides is 2. The zero-order chi connectivity index (χ0) is 20.1. The number of carbonyl (C=O) groups is 2. The minimum Gasteiger partial charge on any atom is -0.508 e. The van der Waals surface area contributed by atoms with Crippen molar-refractivity contribution in [1.29, 1.82) is 0 Å². The van der Waals surface area contributed by atoms with Crippen LogP contribution >= 0.6 is 11.6 Å². The average molecular weight is 400 g/mol. The van der Waals surface area contributed by atoms with E-state index in [1.807, 2.05) is 18.2 Å². The van der Waals surface area contributed by atoms with Gasteiger partial charge in [0.25, 0.3) is 0 Å². The third-order valence-electron chi connectivity index (χ3n) is 4.87. The Morgan fingerprint density at radius 1 is 1.21 bits per heavy atom. The summed E-state index contributed by atoms with van der Waals surface area (Å²) in [5.41, 5.74) is 2.28. The van der Waals surface area contributed by atoms with Crippen LogP contribution in [0.1, 0.15) is 12.0 Å². The van der Waals surface area contributed by atoms with Gasteiger partial charge in [0.15, 0.2) is 0 Å². The van der Waals surface area contributed by atoms with Crippen LogP contribution in [0.2, 0.25) is 5.02 Å². The molecule has 1 aromatic heterocycles. The lowest BCUT2D eigenvalue weighted by Crippen LogP contribution is -2.50. The van der Waals surface area contributed by atoms with Gasteiger partial charge in [0.05, 0.1) is 5.02 Å². The summed E-state index contributed by atoms with van der Waals surface area (Å²) in [4.78, 5) is 31.7. The molecule has 1 saturated heterocycles. The summed E-state index contributed by atoms with van der Waals surface area (Å²) in [6, 6.07) is 7.02. The molecule has 146 valence electrons. The predicted octanol–water partition coefficient (Wildman–Crippen LogP) is 2.90. The number of phenols is 1. The van der Waals surface area contributed by atoms with Gasteiger partial charge in [-0.25, -0.2) is 0 Å². The van der Waals surface area contributed by atoms with Crippen LogP contribution in [-0.4, -0.2) is 57.9 Å². The second kappa shape index (κ2) is 8.89. The predicted molar refractivity (Wildman–Crippen MR) is 108 cm³/mol. The summed E-state index contributed by atoms with van der Waals surface area (Å²) in [6.07, 6.45) is 5.36. The zero-order valence-corrected chi connectivity index (χ0v) is 16.2. The highest BCUT2D eigenvalue weighted by atomic mass is 35.5. The summed E-state index contributed by atoms with van der Waals surface area (Å²) in [7, 11) is 0. The SMILES string of the molecule is C=CC(=O)N1CCN(C(=O)CCc2cc(-c3cccnc3)c(Cl)cc2O)CC1. The van der Waals surface area contributed by atoms with E-state index in [0.717, 1.165) is 11.1 Å². The lowest BCUT2D eigenvalue weighted by atomic mass is 10.0. The first-order chi connectivity index (χ1) is 13.5. The molecule has 28 heavy (non-hydrogen) atoms. The summed E-state index contributed by atoms with van der Waals surface area (Å²) in [5, 5.41) is 10.7. The van der Waals surface area contributed by atoms with Crippen molar-refractivity contribution in [1.82, 2.24) is 14.8 Å². The van der Waals surface area contributed by atoms with Crippen molar-refractivity contribution in [3.63, 3.8) is 0 Å². The topological polar surface area (TPSA) is 73.7 Å². The van der Waals surface area contributed by atoms with E-state index < -0.39 is 0 Å². The van der Waals surface area contributed by atoms with Gasteiger partial charge in [-0.05, 0) is 36.3 Å². The fourth-order valence-corrected chi connectivity index (χ4v) is 3.52. The molecule has 6 nitrogen and oxygen atoms in total. The third-order valence-corrected chi connectivity index (χ3v) is 5.18. The minimum atomic E-state index is -0.110. The standard InChI is InChI=1S/C21H22ClN3O3/c1-2-20(27)24-8-10-25(11-9-24)21(28)6-5-15-12-17(18(22)13-19(15)26)16-4-3-7-23-14-16/h2-4,7,12-14,26H,1,5-6,8-11H2. The third kappa shape index (κ3) is 4.51. The number of phenolic OH excluding ortho intramolecular Hbond substituents is 1. The lowest BCUT2D eigenvalue weighted by molar-refractivity contribution is -0.137. The molecule has 0 aliphatic carbocycles. The summed E-state index contributed by atoms with van der Waals surface area (Å²) >= 11 is 6.27. The van der Waals surface area contributed by atoms with E-state index >= 15 is 0 Å². The number of pyridine rings is 1. The van der Waals surface area contributed by atoms with Crippen LogP contribution in [0, 0.1) is 0 Å². The first-order valence-electron chi connectivity index (χ1n) is 9.10. The molecule has 0 bridgehead atoms. The number of carbonyl (C=O) groups excluding carboxylic acids is 2. The first kappa shape index (κ1) is 19.9. The number of piperazine rings is 1. The van der Waals surface area contributed by atoms with E-state index in [1.165, 1.54) is 12.1 Å². The monoisotopic (exact) mass is 399 g/mol. The van der Waals surface area contributed by atoms with E-state index in [2.05, 4.69) is 11.6 Å². The average Bonchev–Trinajstić information content (AvgIpc) is 2.73. The van der Waals surface area contributed by atoms with Gasteiger partial charge < -0.3 is 14.9 Å². The number of hydrogen-bond donors (Lipinski definition) is 1. The molecule has 2 heterocycles. The van der Waals surface area contributed by atoms with E-state index in [0.29, 0.717) is 43.2 Å². The molecule has 3 rings (SSSR count). The number of aromatic nitrogens is 1. The summed E-state index contributed by atoms with van der Waals surface area (Å²) in [5.74, 6) is -0.0315. The van der Waals surface area contributed by atoms with Gasteiger partial charge >= 0.3 is 0 Å². The molecule has 0 unspecified atom stereocenters. The number of benzene rings is 1. The molecule has 0 saturated carbocycles. The van der Waals surface area contributed by atoms with Crippen LogP contribution in [0.15, 0.2) is 49.3 Å². The van der Waals surface area contributed by atoms with Crippen LogP contribution in [0.25, 0.3) is 11.1 Å². The highest BCUT2D eigenvalue weighted by molar-refractivity contribution is 6.33. The largest absolute Gasteiger partial charge is 0.508 e. The second-order valence-electron chi connectivity index (χ2n) is 6.61. The first-order valence-corrected chi connectivity index (χ1v) is 9.48. The zero-order valence-electron chi connectivity index (χ0n) is 15.5. The summed E-state index contributed by atoms with van der Waals surface area (Å²) in [6.45, 7) is 5.52. The fraction of sp³-hybridized carbons (Fsp3) is 0.286. The van der Waals surface area contributed by atoms with Crippen molar-refractivity contribution in [2.45, 2.75) is 12.8 Å². The smallest absolute Gasteiger partial charge is 0.246 e. The van der Waals surface area contributed by atoms with Crippen molar-refractivity contribution in [2.75, 3.05) is 26.2 Å². The van der Waals surface area contributed by atoms with Gasteiger partial charge in [-0.2, -0.15) is 0 Å². The van der Waals surface area contributed by atoms with Crippen LogP contribution in [0.5, 0.6) is 5.75 Å². The molecule has 0 atom stereocenters. The molecule has 1 N–H and O–H groups in total. The number of aryl methyl sites for hydroxylation is 1. The molecular weight excluding hydrogens is 378 g/mol. The van der Waals surface area contributed by atoms with Crippen LogP contribution in [0.4, 0.5) is 0 Å². The summed E-state index contributed by atoms with van der Waals surface area (Å²) < 4.78 is 0. The van der Waals surface area contributed by atoms with Crippen molar-refractivity contribution in [2.24, 2.45) is 0 Å². The number of rotatable bonds is 5. The maximum atomic E-state index is 12.5. The van der Waals surface area contributed by atoms with E-state index in [-0.39, 0.29) is 24.0 Å². The second-order valence-corrected chi connectivity index (χ2v) is 7.02. The molecule has 7 heteroatoms. The Morgan fingerprint density at radius 3 is 2.57 bits per heavy atom. The molecular formula is C21H22ClN3O3. The molecule has 2 amide bonds. The quantitative estimate of drug-likeness (QED) is 0.784. The van der Waals surface area contributed by atoms with Gasteiger partial charge in [0, 0.05) is 56.1 Å². The molecule has 1 aliphatic rings. The molecule has 1 aromatic carbocycles. The van der Waals surface area contributed by atoms with Crippen molar-refractivity contribution in [3.8, 4) is 16.9 Å². The Hall–Kier alpha value is -2.86.